The topological polar surface area (TPSA) is 66.8 Å². The number of rotatable bonds is 3. The van der Waals surface area contributed by atoms with Gasteiger partial charge in [-0.3, -0.25) is 9.48 Å². The van der Waals surface area contributed by atoms with Crippen molar-refractivity contribution in [3.8, 4) is 11.3 Å². The standard InChI is InChI=1S/C23H19F2N5O/c1-29-13-19(21(28-29)17-11-15(24)4-5-20(17)25)23(31)30-9-6-14(7-10-30)18-12-27-22-16(18)3-2-8-26-22/h2-6,8,11-13H,7,9-10H2,1H3,(H,26,27). The quantitative estimate of drug-likeness (QED) is 0.542. The van der Waals surface area contributed by atoms with Gasteiger partial charge in [-0.05, 0) is 42.3 Å². The highest BCUT2D eigenvalue weighted by Gasteiger charge is 2.26. The molecule has 5 rings (SSSR count). The Labute approximate surface area is 176 Å². The highest BCUT2D eigenvalue weighted by molar-refractivity contribution is 6.00. The van der Waals surface area contributed by atoms with E-state index in [1.807, 2.05) is 24.4 Å². The number of hydrogen-bond donors (Lipinski definition) is 1. The van der Waals surface area contributed by atoms with E-state index in [1.54, 1.807) is 24.3 Å². The number of carbonyl (C=O) groups is 1. The second kappa shape index (κ2) is 7.46. The van der Waals surface area contributed by atoms with Crippen LogP contribution in [0.2, 0.25) is 0 Å². The van der Waals surface area contributed by atoms with E-state index < -0.39 is 11.6 Å². The highest BCUT2D eigenvalue weighted by Crippen LogP contribution is 2.30. The van der Waals surface area contributed by atoms with Crippen molar-refractivity contribution in [3.63, 3.8) is 0 Å². The summed E-state index contributed by atoms with van der Waals surface area (Å²) >= 11 is 0. The second-order valence-corrected chi connectivity index (χ2v) is 7.52. The third kappa shape index (κ3) is 3.39. The van der Waals surface area contributed by atoms with Gasteiger partial charge >= 0.3 is 0 Å². The zero-order valence-electron chi connectivity index (χ0n) is 16.8. The molecular formula is C23H19F2N5O. The minimum atomic E-state index is -0.622. The summed E-state index contributed by atoms with van der Waals surface area (Å²) in [6, 6.07) is 7.06. The molecule has 31 heavy (non-hydrogen) atoms. The lowest BCUT2D eigenvalue weighted by atomic mass is 9.99. The number of nitrogens with one attached hydrogen (secondary N) is 1. The molecule has 1 amide bonds. The van der Waals surface area contributed by atoms with Crippen LogP contribution in [0.15, 0.2) is 55.0 Å². The fourth-order valence-corrected chi connectivity index (χ4v) is 4.01. The van der Waals surface area contributed by atoms with Gasteiger partial charge in [0.1, 0.15) is 23.0 Å². The molecule has 0 aliphatic carbocycles. The van der Waals surface area contributed by atoms with E-state index in [9.17, 15) is 13.6 Å². The van der Waals surface area contributed by atoms with Gasteiger partial charge in [-0.25, -0.2) is 13.8 Å². The number of benzene rings is 1. The predicted octanol–water partition coefficient (Wildman–Crippen LogP) is 4.17. The number of nitrogens with zero attached hydrogens (tertiary/aromatic N) is 4. The second-order valence-electron chi connectivity index (χ2n) is 7.52. The molecule has 8 heteroatoms. The van der Waals surface area contributed by atoms with Crippen LogP contribution < -0.4 is 0 Å². The van der Waals surface area contributed by atoms with Crippen LogP contribution in [0.3, 0.4) is 0 Å². The van der Waals surface area contributed by atoms with Gasteiger partial charge in [0.05, 0.1) is 5.56 Å². The molecule has 6 nitrogen and oxygen atoms in total. The summed E-state index contributed by atoms with van der Waals surface area (Å²) in [5.74, 6) is -1.47. The summed E-state index contributed by atoms with van der Waals surface area (Å²) in [7, 11) is 1.65. The van der Waals surface area contributed by atoms with Crippen LogP contribution in [0.5, 0.6) is 0 Å². The zero-order valence-corrected chi connectivity index (χ0v) is 16.8. The van der Waals surface area contributed by atoms with Crippen molar-refractivity contribution < 1.29 is 13.6 Å². The molecule has 3 aromatic heterocycles. The molecule has 0 radical (unpaired) electrons. The van der Waals surface area contributed by atoms with Crippen LogP contribution in [0.25, 0.3) is 27.9 Å². The number of hydrogen-bond acceptors (Lipinski definition) is 3. The van der Waals surface area contributed by atoms with E-state index in [0.717, 1.165) is 40.4 Å². The Morgan fingerprint density at radius 1 is 1.19 bits per heavy atom. The molecule has 0 atom stereocenters. The lowest BCUT2D eigenvalue weighted by molar-refractivity contribution is 0.0773. The highest BCUT2D eigenvalue weighted by atomic mass is 19.1. The number of H-pyrrole nitrogens is 1. The minimum absolute atomic E-state index is 0.0246. The van der Waals surface area contributed by atoms with Crippen LogP contribution in [0.1, 0.15) is 22.3 Å². The maximum absolute atomic E-state index is 14.3. The first-order chi connectivity index (χ1) is 15.0. The Morgan fingerprint density at radius 3 is 2.87 bits per heavy atom. The van der Waals surface area contributed by atoms with Gasteiger partial charge in [-0.15, -0.1) is 0 Å². The number of pyridine rings is 1. The number of halogens is 2. The van der Waals surface area contributed by atoms with Crippen molar-refractivity contribution in [2.24, 2.45) is 7.05 Å². The monoisotopic (exact) mass is 419 g/mol. The van der Waals surface area contributed by atoms with Crippen molar-refractivity contribution in [1.29, 1.82) is 0 Å². The van der Waals surface area contributed by atoms with Gasteiger partial charge in [-0.2, -0.15) is 5.10 Å². The van der Waals surface area contributed by atoms with Crippen molar-refractivity contribution in [3.05, 3.63) is 77.8 Å². The smallest absolute Gasteiger partial charge is 0.257 e. The molecule has 0 saturated carbocycles. The van der Waals surface area contributed by atoms with Crippen LogP contribution in [-0.4, -0.2) is 43.6 Å². The Hall–Kier alpha value is -3.81. The van der Waals surface area contributed by atoms with Crippen molar-refractivity contribution in [2.45, 2.75) is 6.42 Å². The first kappa shape index (κ1) is 19.2. The molecule has 156 valence electrons. The molecule has 0 bridgehead atoms. The SMILES string of the molecule is Cn1cc(C(=O)N2CC=C(c3c[nH]c4ncccc34)CC2)c(-c2cc(F)ccc2F)n1. The Kier molecular flexibility index (Phi) is 4.62. The maximum atomic E-state index is 14.3. The first-order valence-corrected chi connectivity index (χ1v) is 9.91. The van der Waals surface area contributed by atoms with Crippen LogP contribution in [0.4, 0.5) is 8.78 Å². The molecule has 1 aromatic carbocycles. The van der Waals surface area contributed by atoms with Crippen LogP contribution >= 0.6 is 0 Å². The fraction of sp³-hybridized carbons (Fsp3) is 0.174. The fourth-order valence-electron chi connectivity index (χ4n) is 4.01. The van der Waals surface area contributed by atoms with Gasteiger partial charge < -0.3 is 9.88 Å². The third-order valence-corrected chi connectivity index (χ3v) is 5.54. The number of amides is 1. The van der Waals surface area contributed by atoms with E-state index >= 15 is 0 Å². The molecule has 0 unspecified atom stereocenters. The number of aryl methyl sites for hydroxylation is 1. The van der Waals surface area contributed by atoms with Crippen molar-refractivity contribution in [2.75, 3.05) is 13.1 Å². The van der Waals surface area contributed by atoms with Gasteiger partial charge in [0.15, 0.2) is 0 Å². The van der Waals surface area contributed by atoms with E-state index in [4.69, 9.17) is 0 Å². The largest absolute Gasteiger partial charge is 0.346 e. The Balaban J connectivity index is 1.43. The number of aromatic nitrogens is 4. The zero-order chi connectivity index (χ0) is 21.5. The van der Waals surface area contributed by atoms with E-state index in [1.165, 1.54) is 4.68 Å². The summed E-state index contributed by atoms with van der Waals surface area (Å²) in [6.45, 7) is 0.929. The normalized spacial score (nSPS) is 14.2. The van der Waals surface area contributed by atoms with Gasteiger partial charge in [0, 0.05) is 55.2 Å². The molecule has 4 aromatic rings. The average molecular weight is 419 g/mol. The van der Waals surface area contributed by atoms with Crippen LogP contribution in [0, 0.1) is 11.6 Å². The summed E-state index contributed by atoms with van der Waals surface area (Å²) < 4.78 is 29.5. The molecule has 1 aliphatic heterocycles. The molecule has 1 aliphatic rings. The van der Waals surface area contributed by atoms with Crippen LogP contribution in [-0.2, 0) is 7.05 Å². The van der Waals surface area contributed by atoms with E-state index in [-0.39, 0.29) is 22.7 Å². The summed E-state index contributed by atoms with van der Waals surface area (Å²) in [6.07, 6.45) is 7.93. The predicted molar refractivity (Wildman–Crippen MR) is 113 cm³/mol. The average Bonchev–Trinajstić information content (AvgIpc) is 3.39. The number of fused-ring (bicyclic) bond motifs is 1. The number of aromatic amines is 1. The third-order valence-electron chi connectivity index (χ3n) is 5.54. The molecule has 0 saturated heterocycles. The molecule has 4 heterocycles. The van der Waals surface area contributed by atoms with Gasteiger partial charge in [-0.1, -0.05) is 6.08 Å². The van der Waals surface area contributed by atoms with Gasteiger partial charge in [0.2, 0.25) is 0 Å². The van der Waals surface area contributed by atoms with Gasteiger partial charge in [0.25, 0.3) is 5.91 Å². The molecule has 0 spiro atoms. The molecule has 0 fully saturated rings. The summed E-state index contributed by atoms with van der Waals surface area (Å²) in [5.41, 5.74) is 3.42. The minimum Gasteiger partial charge on any atom is -0.346 e. The lowest BCUT2D eigenvalue weighted by Gasteiger charge is -2.26. The van der Waals surface area contributed by atoms with E-state index in [2.05, 4.69) is 15.1 Å². The summed E-state index contributed by atoms with van der Waals surface area (Å²) in [4.78, 5) is 22.4. The molecule has 1 N–H and O–H groups in total. The Bertz CT molecular complexity index is 1340. The number of carbonyl (C=O) groups excluding carboxylic acids is 1. The van der Waals surface area contributed by atoms with E-state index in [0.29, 0.717) is 19.5 Å². The lowest BCUT2D eigenvalue weighted by Crippen LogP contribution is -2.34. The maximum Gasteiger partial charge on any atom is 0.257 e. The Morgan fingerprint density at radius 2 is 2.06 bits per heavy atom. The first-order valence-electron chi connectivity index (χ1n) is 9.91. The summed E-state index contributed by atoms with van der Waals surface area (Å²) in [5, 5.41) is 5.27. The van der Waals surface area contributed by atoms with Crippen molar-refractivity contribution >= 4 is 22.5 Å². The van der Waals surface area contributed by atoms with Crippen molar-refractivity contribution in [1.82, 2.24) is 24.6 Å². The molecular weight excluding hydrogens is 400 g/mol.